The van der Waals surface area contributed by atoms with Crippen molar-refractivity contribution in [2.75, 3.05) is 18.0 Å². The number of para-hydroxylation sites is 1. The van der Waals surface area contributed by atoms with E-state index in [0.717, 1.165) is 42.2 Å². The lowest BCUT2D eigenvalue weighted by atomic mass is 10.2. The average Bonchev–Trinajstić information content (AvgIpc) is 3.01. The van der Waals surface area contributed by atoms with Crippen LogP contribution in [0, 0.1) is 6.92 Å². The topological polar surface area (TPSA) is 46.8 Å². The van der Waals surface area contributed by atoms with Crippen LogP contribution in [-0.2, 0) is 6.54 Å². The highest BCUT2D eigenvalue weighted by atomic mass is 15.3. The summed E-state index contributed by atoms with van der Waals surface area (Å²) in [4.78, 5) is 11.4. The highest BCUT2D eigenvalue weighted by Crippen LogP contribution is 2.23. The predicted octanol–water partition coefficient (Wildman–Crippen LogP) is 2.66. The quantitative estimate of drug-likeness (QED) is 0.721. The van der Waals surface area contributed by atoms with Gasteiger partial charge in [0.2, 0.25) is 0 Å². The first-order valence-corrected chi connectivity index (χ1v) is 7.23. The van der Waals surface area contributed by atoms with E-state index in [9.17, 15) is 0 Å². The molecule has 0 saturated heterocycles. The Morgan fingerprint density at radius 3 is 2.76 bits per heavy atom. The maximum absolute atomic E-state index is 4.66. The van der Waals surface area contributed by atoms with E-state index in [1.54, 1.807) is 6.20 Å². The maximum atomic E-state index is 4.66. The van der Waals surface area contributed by atoms with E-state index >= 15 is 0 Å². The van der Waals surface area contributed by atoms with Crippen molar-refractivity contribution in [1.29, 1.82) is 0 Å². The van der Waals surface area contributed by atoms with Gasteiger partial charge in [-0.05, 0) is 32.0 Å². The van der Waals surface area contributed by atoms with Crippen molar-refractivity contribution in [1.82, 2.24) is 19.7 Å². The first kappa shape index (κ1) is 13.5. The number of aromatic nitrogens is 4. The van der Waals surface area contributed by atoms with E-state index in [1.807, 2.05) is 42.1 Å². The van der Waals surface area contributed by atoms with Crippen molar-refractivity contribution in [3.8, 4) is 0 Å². The van der Waals surface area contributed by atoms with Crippen LogP contribution < -0.4 is 4.90 Å². The average molecular weight is 281 g/mol. The third kappa shape index (κ3) is 2.86. The molecular formula is C16H19N5. The van der Waals surface area contributed by atoms with Crippen LogP contribution in [0.15, 0.2) is 42.7 Å². The molecule has 0 aliphatic carbocycles. The normalized spacial score (nSPS) is 11.0. The lowest BCUT2D eigenvalue weighted by Gasteiger charge is -2.23. The Kier molecular flexibility index (Phi) is 3.81. The lowest BCUT2D eigenvalue weighted by Crippen LogP contribution is -2.28. The highest BCUT2D eigenvalue weighted by molar-refractivity contribution is 5.89. The highest BCUT2D eigenvalue weighted by Gasteiger charge is 2.12. The zero-order chi connectivity index (χ0) is 14.7. The Morgan fingerprint density at radius 1 is 1.14 bits per heavy atom. The second kappa shape index (κ2) is 5.91. The zero-order valence-electron chi connectivity index (χ0n) is 12.4. The fraction of sp³-hybridized carbons (Fsp3) is 0.312. The first-order chi connectivity index (χ1) is 10.3. The van der Waals surface area contributed by atoms with Crippen molar-refractivity contribution in [3.63, 3.8) is 0 Å². The molecule has 2 heterocycles. The summed E-state index contributed by atoms with van der Waals surface area (Å²) < 4.78 is 1.94. The number of anilines is 1. The molecule has 0 radical (unpaired) electrons. The van der Waals surface area contributed by atoms with Gasteiger partial charge in [0.25, 0.3) is 0 Å². The molecule has 21 heavy (non-hydrogen) atoms. The smallest absolute Gasteiger partial charge is 0.140 e. The molecule has 3 aromatic rings. The maximum Gasteiger partial charge on any atom is 0.140 e. The fourth-order valence-corrected chi connectivity index (χ4v) is 2.48. The third-order valence-electron chi connectivity index (χ3n) is 3.53. The van der Waals surface area contributed by atoms with Gasteiger partial charge >= 0.3 is 0 Å². The van der Waals surface area contributed by atoms with Crippen molar-refractivity contribution < 1.29 is 0 Å². The second-order valence-electron chi connectivity index (χ2n) is 4.96. The number of hydrogen-bond acceptors (Lipinski definition) is 4. The summed E-state index contributed by atoms with van der Waals surface area (Å²) in [5.41, 5.74) is 0.998. The van der Waals surface area contributed by atoms with Gasteiger partial charge in [-0.3, -0.25) is 4.68 Å². The molecule has 0 bridgehead atoms. The van der Waals surface area contributed by atoms with E-state index in [4.69, 9.17) is 0 Å². The van der Waals surface area contributed by atoms with Gasteiger partial charge in [0.05, 0.1) is 12.1 Å². The van der Waals surface area contributed by atoms with Gasteiger partial charge in [-0.15, -0.1) is 0 Å². The minimum absolute atomic E-state index is 0.807. The largest absolute Gasteiger partial charge is 0.354 e. The Bertz CT molecular complexity index is 721. The summed E-state index contributed by atoms with van der Waals surface area (Å²) in [5.74, 6) is 1.81. The van der Waals surface area contributed by atoms with Crippen molar-refractivity contribution in [2.45, 2.75) is 20.4 Å². The summed E-state index contributed by atoms with van der Waals surface area (Å²) in [6.45, 7) is 6.71. The summed E-state index contributed by atoms with van der Waals surface area (Å²) in [5, 5.41) is 5.36. The number of rotatable bonds is 5. The van der Waals surface area contributed by atoms with Gasteiger partial charge < -0.3 is 4.90 Å². The Hall–Kier alpha value is -2.43. The van der Waals surface area contributed by atoms with Gasteiger partial charge in [0.15, 0.2) is 0 Å². The summed E-state index contributed by atoms with van der Waals surface area (Å²) in [7, 11) is 0. The summed E-state index contributed by atoms with van der Waals surface area (Å²) in [6.07, 6.45) is 3.79. The molecule has 0 saturated carbocycles. The molecule has 0 spiro atoms. The molecule has 0 aliphatic rings. The van der Waals surface area contributed by atoms with Crippen molar-refractivity contribution in [2.24, 2.45) is 0 Å². The van der Waals surface area contributed by atoms with Crippen LogP contribution in [0.3, 0.4) is 0 Å². The van der Waals surface area contributed by atoms with Gasteiger partial charge in [0, 0.05) is 30.9 Å². The summed E-state index contributed by atoms with van der Waals surface area (Å²) in [6, 6.07) is 10.1. The summed E-state index contributed by atoms with van der Waals surface area (Å²) >= 11 is 0. The van der Waals surface area contributed by atoms with E-state index in [1.165, 1.54) is 0 Å². The SMILES string of the molecule is CCN(CCn1cccn1)c1nc(C)nc2ccccc12. The van der Waals surface area contributed by atoms with Gasteiger partial charge in [-0.2, -0.15) is 5.10 Å². The molecule has 5 heteroatoms. The van der Waals surface area contributed by atoms with Gasteiger partial charge in [-0.1, -0.05) is 12.1 Å². The molecule has 0 amide bonds. The molecule has 0 N–H and O–H groups in total. The van der Waals surface area contributed by atoms with Crippen molar-refractivity contribution >= 4 is 16.7 Å². The zero-order valence-corrected chi connectivity index (χ0v) is 12.4. The Balaban J connectivity index is 1.92. The fourth-order valence-electron chi connectivity index (χ4n) is 2.48. The van der Waals surface area contributed by atoms with E-state index in [-0.39, 0.29) is 0 Å². The number of hydrogen-bond donors (Lipinski definition) is 0. The van der Waals surface area contributed by atoms with E-state index in [0.29, 0.717) is 0 Å². The van der Waals surface area contributed by atoms with Crippen LogP contribution in [0.4, 0.5) is 5.82 Å². The standard InChI is InChI=1S/C16H19N5/c1-3-20(11-12-21-10-6-9-17-21)16-14-7-4-5-8-15(14)18-13(2)19-16/h4-10H,3,11-12H2,1-2H3. The lowest BCUT2D eigenvalue weighted by molar-refractivity contribution is 0.598. The number of fused-ring (bicyclic) bond motifs is 1. The third-order valence-corrected chi connectivity index (χ3v) is 3.53. The van der Waals surface area contributed by atoms with Gasteiger partial charge in [0.1, 0.15) is 11.6 Å². The van der Waals surface area contributed by atoms with Crippen LogP contribution >= 0.6 is 0 Å². The van der Waals surface area contributed by atoms with E-state index in [2.05, 4.69) is 33.0 Å². The minimum Gasteiger partial charge on any atom is -0.354 e. The van der Waals surface area contributed by atoms with Crippen molar-refractivity contribution in [3.05, 3.63) is 48.5 Å². The molecule has 3 rings (SSSR count). The van der Waals surface area contributed by atoms with Gasteiger partial charge in [-0.25, -0.2) is 9.97 Å². The molecule has 0 aliphatic heterocycles. The molecular weight excluding hydrogens is 262 g/mol. The molecule has 2 aromatic heterocycles. The molecule has 0 fully saturated rings. The minimum atomic E-state index is 0.807. The van der Waals surface area contributed by atoms with Crippen LogP contribution in [-0.4, -0.2) is 32.8 Å². The molecule has 0 unspecified atom stereocenters. The second-order valence-corrected chi connectivity index (χ2v) is 4.96. The molecule has 0 atom stereocenters. The molecule has 1 aromatic carbocycles. The molecule has 108 valence electrons. The first-order valence-electron chi connectivity index (χ1n) is 7.23. The van der Waals surface area contributed by atoms with Crippen LogP contribution in [0.2, 0.25) is 0 Å². The number of likely N-dealkylation sites (N-methyl/N-ethyl adjacent to an activating group) is 1. The van der Waals surface area contributed by atoms with Crippen LogP contribution in [0.5, 0.6) is 0 Å². The number of aryl methyl sites for hydroxylation is 1. The van der Waals surface area contributed by atoms with E-state index < -0.39 is 0 Å². The van der Waals surface area contributed by atoms with Crippen LogP contribution in [0.1, 0.15) is 12.7 Å². The predicted molar refractivity (Wildman–Crippen MR) is 84.4 cm³/mol. The van der Waals surface area contributed by atoms with Crippen LogP contribution in [0.25, 0.3) is 10.9 Å². The monoisotopic (exact) mass is 281 g/mol. The number of nitrogens with zero attached hydrogens (tertiary/aromatic N) is 5. The Morgan fingerprint density at radius 2 is 2.00 bits per heavy atom. The number of benzene rings is 1. The Labute approximate surface area is 124 Å². The molecule has 5 nitrogen and oxygen atoms in total.